The summed E-state index contributed by atoms with van der Waals surface area (Å²) in [7, 11) is 1.84. The normalized spacial score (nSPS) is 15.2. The van der Waals surface area contributed by atoms with Gasteiger partial charge in [0.05, 0.1) is 11.3 Å². The van der Waals surface area contributed by atoms with Crippen molar-refractivity contribution in [2.24, 2.45) is 7.05 Å². The molecular weight excluding hydrogens is 300 g/mol. The van der Waals surface area contributed by atoms with E-state index < -0.39 is 0 Å². The zero-order chi connectivity index (χ0) is 15.7. The molecule has 0 saturated carbocycles. The number of hydrogen-bond acceptors (Lipinski definition) is 3. The quantitative estimate of drug-likeness (QED) is 0.853. The summed E-state index contributed by atoms with van der Waals surface area (Å²) in [5.74, 6) is 0.0707. The second-order valence-corrected chi connectivity index (χ2v) is 5.99. The lowest BCUT2D eigenvalue weighted by Crippen LogP contribution is -2.48. The maximum atomic E-state index is 12.6. The second-order valence-electron chi connectivity index (χ2n) is 5.56. The number of carbonyl (C=O) groups excluding carboxylic acids is 1. The molecule has 1 aromatic carbocycles. The van der Waals surface area contributed by atoms with Gasteiger partial charge in [-0.3, -0.25) is 9.48 Å². The van der Waals surface area contributed by atoms with Crippen LogP contribution in [0, 0.1) is 6.92 Å². The van der Waals surface area contributed by atoms with Crippen molar-refractivity contribution in [3.8, 4) is 0 Å². The first-order valence-electron chi connectivity index (χ1n) is 7.34. The third-order valence-corrected chi connectivity index (χ3v) is 4.25. The van der Waals surface area contributed by atoms with Gasteiger partial charge in [-0.05, 0) is 31.2 Å². The largest absolute Gasteiger partial charge is 0.368 e. The minimum absolute atomic E-state index is 0.0707. The van der Waals surface area contributed by atoms with Gasteiger partial charge < -0.3 is 9.80 Å². The molecule has 0 bridgehead atoms. The summed E-state index contributed by atoms with van der Waals surface area (Å²) in [6.07, 6.45) is 1.79. The van der Waals surface area contributed by atoms with Crippen molar-refractivity contribution >= 4 is 23.2 Å². The first-order chi connectivity index (χ1) is 10.5. The second kappa shape index (κ2) is 6.01. The molecule has 3 rings (SSSR count). The topological polar surface area (TPSA) is 41.4 Å². The van der Waals surface area contributed by atoms with E-state index in [9.17, 15) is 4.79 Å². The van der Waals surface area contributed by atoms with E-state index in [0.29, 0.717) is 5.56 Å². The van der Waals surface area contributed by atoms with E-state index in [1.807, 2.05) is 43.1 Å². The molecule has 22 heavy (non-hydrogen) atoms. The predicted octanol–water partition coefficient (Wildman–Crippen LogP) is 2.34. The Bertz CT molecular complexity index is 672. The van der Waals surface area contributed by atoms with Crippen molar-refractivity contribution in [3.63, 3.8) is 0 Å². The number of amides is 1. The Balaban J connectivity index is 1.65. The SMILES string of the molecule is Cc1nn(C)cc1C(=O)N1CCN(c2ccc(Cl)cc2)CC1. The Morgan fingerprint density at radius 3 is 2.32 bits per heavy atom. The van der Waals surface area contributed by atoms with E-state index in [4.69, 9.17) is 11.6 Å². The molecule has 0 unspecified atom stereocenters. The van der Waals surface area contributed by atoms with E-state index in [2.05, 4.69) is 10.00 Å². The molecule has 6 heteroatoms. The lowest BCUT2D eigenvalue weighted by Gasteiger charge is -2.36. The number of hydrogen-bond donors (Lipinski definition) is 0. The standard InChI is InChI=1S/C16H19ClN4O/c1-12-15(11-19(2)18-12)16(22)21-9-7-20(8-10-21)14-5-3-13(17)4-6-14/h3-6,11H,7-10H2,1-2H3. The Hall–Kier alpha value is -2.01. The van der Waals surface area contributed by atoms with Crippen molar-refractivity contribution < 1.29 is 4.79 Å². The Morgan fingerprint density at radius 1 is 1.14 bits per heavy atom. The van der Waals surface area contributed by atoms with Gasteiger partial charge >= 0.3 is 0 Å². The maximum Gasteiger partial charge on any atom is 0.257 e. The number of piperazine rings is 1. The molecule has 1 aromatic heterocycles. The summed E-state index contributed by atoms with van der Waals surface area (Å²) >= 11 is 5.92. The molecule has 1 aliphatic rings. The van der Waals surface area contributed by atoms with Crippen molar-refractivity contribution in [2.45, 2.75) is 6.92 Å². The zero-order valence-electron chi connectivity index (χ0n) is 12.8. The Kier molecular flexibility index (Phi) is 4.07. The van der Waals surface area contributed by atoms with Crippen LogP contribution in [0.15, 0.2) is 30.5 Å². The molecule has 1 amide bonds. The van der Waals surface area contributed by atoms with Crippen LogP contribution in [0.25, 0.3) is 0 Å². The van der Waals surface area contributed by atoms with Crippen LogP contribution < -0.4 is 4.90 Å². The molecule has 0 radical (unpaired) electrons. The summed E-state index contributed by atoms with van der Waals surface area (Å²) in [5.41, 5.74) is 2.63. The lowest BCUT2D eigenvalue weighted by atomic mass is 10.2. The van der Waals surface area contributed by atoms with E-state index in [1.165, 1.54) is 0 Å². The number of aryl methyl sites for hydroxylation is 2. The van der Waals surface area contributed by atoms with E-state index in [1.54, 1.807) is 10.9 Å². The van der Waals surface area contributed by atoms with Crippen LogP contribution in [0.4, 0.5) is 5.69 Å². The van der Waals surface area contributed by atoms with Gasteiger partial charge in [0.15, 0.2) is 0 Å². The number of carbonyl (C=O) groups is 1. The fraction of sp³-hybridized carbons (Fsp3) is 0.375. The molecule has 2 heterocycles. The molecule has 1 fully saturated rings. The van der Waals surface area contributed by atoms with Gasteiger partial charge in [0.25, 0.3) is 5.91 Å². The fourth-order valence-electron chi connectivity index (χ4n) is 2.80. The highest BCUT2D eigenvalue weighted by molar-refractivity contribution is 6.30. The van der Waals surface area contributed by atoms with Crippen LogP contribution in [0.3, 0.4) is 0 Å². The fourth-order valence-corrected chi connectivity index (χ4v) is 2.93. The zero-order valence-corrected chi connectivity index (χ0v) is 13.5. The minimum Gasteiger partial charge on any atom is -0.368 e. The monoisotopic (exact) mass is 318 g/mol. The number of nitrogens with zero attached hydrogens (tertiary/aromatic N) is 4. The summed E-state index contributed by atoms with van der Waals surface area (Å²) in [6.45, 7) is 4.96. The average Bonchev–Trinajstić information content (AvgIpc) is 2.86. The first-order valence-corrected chi connectivity index (χ1v) is 7.72. The highest BCUT2D eigenvalue weighted by Gasteiger charge is 2.24. The molecule has 0 atom stereocenters. The molecular formula is C16H19ClN4O. The average molecular weight is 319 g/mol. The van der Waals surface area contributed by atoms with Crippen LogP contribution in [0.2, 0.25) is 5.02 Å². The number of anilines is 1. The molecule has 0 aliphatic carbocycles. The van der Waals surface area contributed by atoms with Crippen molar-refractivity contribution in [2.75, 3.05) is 31.1 Å². The van der Waals surface area contributed by atoms with Crippen LogP contribution in [0.5, 0.6) is 0 Å². The van der Waals surface area contributed by atoms with Crippen molar-refractivity contribution in [1.29, 1.82) is 0 Å². The molecule has 1 saturated heterocycles. The Morgan fingerprint density at radius 2 is 1.77 bits per heavy atom. The van der Waals surface area contributed by atoms with Crippen LogP contribution in [-0.2, 0) is 7.05 Å². The van der Waals surface area contributed by atoms with Crippen molar-refractivity contribution in [1.82, 2.24) is 14.7 Å². The minimum atomic E-state index is 0.0707. The number of benzene rings is 1. The summed E-state index contributed by atoms with van der Waals surface area (Å²) < 4.78 is 1.69. The van der Waals surface area contributed by atoms with Gasteiger partial charge in [0.2, 0.25) is 0 Å². The van der Waals surface area contributed by atoms with Gasteiger partial charge in [0, 0.05) is 50.1 Å². The molecule has 2 aromatic rings. The third-order valence-electron chi connectivity index (χ3n) is 4.00. The van der Waals surface area contributed by atoms with Gasteiger partial charge in [-0.1, -0.05) is 11.6 Å². The van der Waals surface area contributed by atoms with Gasteiger partial charge in [-0.2, -0.15) is 5.10 Å². The molecule has 5 nitrogen and oxygen atoms in total. The smallest absolute Gasteiger partial charge is 0.257 e. The van der Waals surface area contributed by atoms with Gasteiger partial charge in [-0.25, -0.2) is 0 Å². The highest BCUT2D eigenvalue weighted by Crippen LogP contribution is 2.20. The summed E-state index contributed by atoms with van der Waals surface area (Å²) in [5, 5.41) is 4.98. The third kappa shape index (κ3) is 2.95. The molecule has 0 N–H and O–H groups in total. The maximum absolute atomic E-state index is 12.6. The lowest BCUT2D eigenvalue weighted by molar-refractivity contribution is 0.0746. The number of halogens is 1. The Labute approximate surface area is 135 Å². The molecule has 116 valence electrons. The van der Waals surface area contributed by atoms with E-state index in [0.717, 1.165) is 42.6 Å². The van der Waals surface area contributed by atoms with Crippen LogP contribution in [0.1, 0.15) is 16.1 Å². The van der Waals surface area contributed by atoms with Gasteiger partial charge in [0.1, 0.15) is 0 Å². The van der Waals surface area contributed by atoms with Crippen LogP contribution in [-0.4, -0.2) is 46.8 Å². The highest BCUT2D eigenvalue weighted by atomic mass is 35.5. The molecule has 1 aliphatic heterocycles. The summed E-state index contributed by atoms with van der Waals surface area (Å²) in [6, 6.07) is 7.83. The van der Waals surface area contributed by atoms with Gasteiger partial charge in [-0.15, -0.1) is 0 Å². The molecule has 0 spiro atoms. The van der Waals surface area contributed by atoms with Crippen LogP contribution >= 0.6 is 11.6 Å². The number of rotatable bonds is 2. The van der Waals surface area contributed by atoms with E-state index >= 15 is 0 Å². The van der Waals surface area contributed by atoms with E-state index in [-0.39, 0.29) is 5.91 Å². The summed E-state index contributed by atoms with van der Waals surface area (Å²) in [4.78, 5) is 16.7. The first kappa shape index (κ1) is 14.9. The number of aromatic nitrogens is 2. The van der Waals surface area contributed by atoms with Crippen molar-refractivity contribution in [3.05, 3.63) is 46.7 Å². The predicted molar refractivity (Wildman–Crippen MR) is 87.5 cm³/mol.